The molecule has 3 nitrogen and oxygen atoms in total. The molecule has 0 amide bonds. The van der Waals surface area contributed by atoms with Gasteiger partial charge in [-0.1, -0.05) is 12.1 Å². The fourth-order valence-electron chi connectivity index (χ4n) is 1.49. The van der Waals surface area contributed by atoms with Gasteiger partial charge in [0.1, 0.15) is 11.9 Å². The van der Waals surface area contributed by atoms with E-state index in [9.17, 15) is 22.4 Å². The minimum atomic E-state index is -4.87. The van der Waals surface area contributed by atoms with Gasteiger partial charge in [-0.15, -0.1) is 6.58 Å². The van der Waals surface area contributed by atoms with Crippen molar-refractivity contribution in [1.82, 2.24) is 5.32 Å². The van der Waals surface area contributed by atoms with Crippen LogP contribution in [-0.4, -0.2) is 17.6 Å². The van der Waals surface area contributed by atoms with Crippen molar-refractivity contribution in [1.29, 1.82) is 0 Å². The summed E-state index contributed by atoms with van der Waals surface area (Å²) < 4.78 is 50.6. The van der Waals surface area contributed by atoms with Crippen molar-refractivity contribution in [3.63, 3.8) is 0 Å². The molecule has 0 heterocycles. The molecule has 7 heteroatoms. The molecule has 0 aliphatic heterocycles. The molecule has 0 fully saturated rings. The lowest BCUT2D eigenvalue weighted by atomic mass is 10.0. The summed E-state index contributed by atoms with van der Waals surface area (Å²) in [5.74, 6) is -2.80. The maximum absolute atomic E-state index is 13.1. The molecule has 0 aliphatic rings. The standard InChI is InChI=1S/C12H11F4NO2/c1-2-5-17-10(11(18)19)7-3-4-9(13)8(6-7)12(14,15)16/h2-4,6,10,17H,1,5H2,(H,18,19). The second-order valence-corrected chi connectivity index (χ2v) is 3.71. The van der Waals surface area contributed by atoms with Crippen LogP contribution in [0, 0.1) is 5.82 Å². The fraction of sp³-hybridized carbons (Fsp3) is 0.250. The summed E-state index contributed by atoms with van der Waals surface area (Å²) in [4.78, 5) is 11.0. The Labute approximate surface area is 106 Å². The smallest absolute Gasteiger partial charge is 0.419 e. The summed E-state index contributed by atoms with van der Waals surface area (Å²) in [6.07, 6.45) is -3.51. The van der Waals surface area contributed by atoms with Crippen LogP contribution in [0.2, 0.25) is 0 Å². The van der Waals surface area contributed by atoms with E-state index >= 15 is 0 Å². The lowest BCUT2D eigenvalue weighted by molar-refractivity contribution is -0.141. The van der Waals surface area contributed by atoms with Crippen molar-refractivity contribution in [2.24, 2.45) is 0 Å². The number of halogens is 4. The van der Waals surface area contributed by atoms with Crippen molar-refractivity contribution in [3.05, 3.63) is 47.8 Å². The van der Waals surface area contributed by atoms with E-state index < -0.39 is 29.6 Å². The van der Waals surface area contributed by atoms with Crippen LogP contribution in [0.15, 0.2) is 30.9 Å². The molecular weight excluding hydrogens is 266 g/mol. The molecule has 1 unspecified atom stereocenters. The predicted molar refractivity (Wildman–Crippen MR) is 60.0 cm³/mol. The Bertz CT molecular complexity index is 485. The lowest BCUT2D eigenvalue weighted by Gasteiger charge is -2.16. The zero-order valence-electron chi connectivity index (χ0n) is 9.67. The third-order valence-corrected chi connectivity index (χ3v) is 2.34. The number of aliphatic carboxylic acids is 1. The van der Waals surface area contributed by atoms with Crippen molar-refractivity contribution in [2.75, 3.05) is 6.54 Å². The Morgan fingerprint density at radius 1 is 1.47 bits per heavy atom. The van der Waals surface area contributed by atoms with Gasteiger partial charge in [0, 0.05) is 6.54 Å². The number of hydrogen-bond acceptors (Lipinski definition) is 2. The minimum absolute atomic E-state index is 0.0930. The molecule has 0 aliphatic carbocycles. The fourth-order valence-corrected chi connectivity index (χ4v) is 1.49. The first-order chi connectivity index (χ1) is 8.77. The van der Waals surface area contributed by atoms with Crippen LogP contribution < -0.4 is 5.32 Å². The molecule has 104 valence electrons. The van der Waals surface area contributed by atoms with Crippen molar-refractivity contribution in [2.45, 2.75) is 12.2 Å². The van der Waals surface area contributed by atoms with Crippen LogP contribution in [-0.2, 0) is 11.0 Å². The van der Waals surface area contributed by atoms with E-state index in [0.29, 0.717) is 12.1 Å². The van der Waals surface area contributed by atoms with Crippen LogP contribution in [0.5, 0.6) is 0 Å². The number of benzene rings is 1. The number of hydrogen-bond donors (Lipinski definition) is 2. The molecule has 0 spiro atoms. The van der Waals surface area contributed by atoms with E-state index in [0.717, 1.165) is 6.07 Å². The molecule has 1 aromatic carbocycles. The summed E-state index contributed by atoms with van der Waals surface area (Å²) >= 11 is 0. The zero-order chi connectivity index (χ0) is 14.6. The molecule has 1 atom stereocenters. The third kappa shape index (κ3) is 3.78. The second-order valence-electron chi connectivity index (χ2n) is 3.71. The van der Waals surface area contributed by atoms with Gasteiger partial charge in [0.15, 0.2) is 0 Å². The first-order valence-corrected chi connectivity index (χ1v) is 5.21. The number of carboxylic acids is 1. The van der Waals surface area contributed by atoms with E-state index in [2.05, 4.69) is 11.9 Å². The van der Waals surface area contributed by atoms with Gasteiger partial charge in [-0.25, -0.2) is 4.39 Å². The van der Waals surface area contributed by atoms with Gasteiger partial charge in [0.2, 0.25) is 0 Å². The van der Waals surface area contributed by atoms with Gasteiger partial charge >= 0.3 is 12.1 Å². The highest BCUT2D eigenvalue weighted by atomic mass is 19.4. The molecule has 0 bridgehead atoms. The predicted octanol–water partition coefficient (Wildman–Crippen LogP) is 2.75. The first kappa shape index (κ1) is 15.2. The number of carboxylic acid groups (broad SMARTS) is 1. The van der Waals surface area contributed by atoms with Gasteiger partial charge in [-0.05, 0) is 17.7 Å². The van der Waals surface area contributed by atoms with E-state index in [4.69, 9.17) is 5.11 Å². The summed E-state index contributed by atoms with van der Waals surface area (Å²) in [6, 6.07) is 0.729. The second kappa shape index (κ2) is 5.83. The van der Waals surface area contributed by atoms with E-state index in [1.807, 2.05) is 0 Å². The Morgan fingerprint density at radius 3 is 2.58 bits per heavy atom. The first-order valence-electron chi connectivity index (χ1n) is 5.21. The van der Waals surface area contributed by atoms with Gasteiger partial charge in [0.25, 0.3) is 0 Å². The Balaban J connectivity index is 3.18. The van der Waals surface area contributed by atoms with Crippen LogP contribution in [0.4, 0.5) is 17.6 Å². The number of rotatable bonds is 5. The van der Waals surface area contributed by atoms with Gasteiger partial charge in [0.05, 0.1) is 5.56 Å². The molecule has 2 N–H and O–H groups in total. The Kier molecular flexibility index (Phi) is 4.66. The number of nitrogens with one attached hydrogen (secondary N) is 1. The molecule has 0 radical (unpaired) electrons. The van der Waals surface area contributed by atoms with Crippen molar-refractivity contribution in [3.8, 4) is 0 Å². The number of alkyl halides is 3. The summed E-state index contributed by atoms with van der Waals surface area (Å²) in [5.41, 5.74) is -1.67. The third-order valence-electron chi connectivity index (χ3n) is 2.34. The van der Waals surface area contributed by atoms with E-state index in [1.165, 1.54) is 6.08 Å². The molecule has 1 rings (SSSR count). The molecular formula is C12H11F4NO2. The van der Waals surface area contributed by atoms with Crippen LogP contribution in [0.1, 0.15) is 17.2 Å². The van der Waals surface area contributed by atoms with Gasteiger partial charge in [-0.2, -0.15) is 13.2 Å². The van der Waals surface area contributed by atoms with Crippen molar-refractivity contribution >= 4 is 5.97 Å². The molecule has 0 saturated carbocycles. The minimum Gasteiger partial charge on any atom is -0.480 e. The summed E-state index contributed by atoms with van der Waals surface area (Å²) in [7, 11) is 0. The largest absolute Gasteiger partial charge is 0.480 e. The van der Waals surface area contributed by atoms with E-state index in [1.54, 1.807) is 0 Å². The van der Waals surface area contributed by atoms with E-state index in [-0.39, 0.29) is 12.1 Å². The molecule has 0 saturated heterocycles. The van der Waals surface area contributed by atoms with Crippen LogP contribution >= 0.6 is 0 Å². The van der Waals surface area contributed by atoms with Crippen molar-refractivity contribution < 1.29 is 27.5 Å². The van der Waals surface area contributed by atoms with Crippen LogP contribution in [0.25, 0.3) is 0 Å². The topological polar surface area (TPSA) is 49.3 Å². The zero-order valence-corrected chi connectivity index (χ0v) is 9.67. The Hall–Kier alpha value is -1.89. The average Bonchev–Trinajstić information content (AvgIpc) is 2.29. The highest BCUT2D eigenvalue weighted by molar-refractivity contribution is 5.75. The molecule has 0 aromatic heterocycles. The summed E-state index contributed by atoms with van der Waals surface area (Å²) in [5, 5.41) is 11.4. The lowest BCUT2D eigenvalue weighted by Crippen LogP contribution is -2.29. The SMILES string of the molecule is C=CCNC(C(=O)O)c1ccc(F)c(C(F)(F)F)c1. The van der Waals surface area contributed by atoms with Crippen LogP contribution in [0.3, 0.4) is 0 Å². The number of carbonyl (C=O) groups is 1. The maximum Gasteiger partial charge on any atom is 0.419 e. The molecule has 19 heavy (non-hydrogen) atoms. The monoisotopic (exact) mass is 277 g/mol. The van der Waals surface area contributed by atoms with Gasteiger partial charge < -0.3 is 5.11 Å². The quantitative estimate of drug-likeness (QED) is 0.642. The average molecular weight is 277 g/mol. The summed E-state index contributed by atoms with van der Waals surface area (Å²) in [6.45, 7) is 3.45. The molecule has 1 aromatic rings. The highest BCUT2D eigenvalue weighted by Crippen LogP contribution is 2.33. The Morgan fingerprint density at radius 2 is 2.11 bits per heavy atom. The normalized spacial score (nSPS) is 13.1. The highest BCUT2D eigenvalue weighted by Gasteiger charge is 2.35. The van der Waals surface area contributed by atoms with Gasteiger partial charge in [-0.3, -0.25) is 10.1 Å². The maximum atomic E-state index is 13.1.